The highest BCUT2D eigenvalue weighted by Crippen LogP contribution is 2.11. The molecule has 0 amide bonds. The molecule has 1 heterocycles. The Morgan fingerprint density at radius 1 is 1.30 bits per heavy atom. The molecule has 2 N–H and O–H groups in total. The van der Waals surface area contributed by atoms with Gasteiger partial charge in [-0.1, -0.05) is 6.07 Å². The second kappa shape index (κ2) is 8.95. The average molecular weight is 319 g/mol. The number of guanidine groups is 1. The maximum atomic E-state index is 13.6. The lowest BCUT2D eigenvalue weighted by Crippen LogP contribution is -2.37. The minimum Gasteiger partial charge on any atom is -0.469 e. The summed E-state index contributed by atoms with van der Waals surface area (Å²) in [5.74, 6) is 1.36. The second-order valence-corrected chi connectivity index (χ2v) is 5.04. The van der Waals surface area contributed by atoms with Crippen LogP contribution in [0.25, 0.3) is 0 Å². The van der Waals surface area contributed by atoms with E-state index >= 15 is 0 Å². The number of halogens is 1. The van der Waals surface area contributed by atoms with Crippen molar-refractivity contribution in [1.29, 1.82) is 0 Å². The lowest BCUT2D eigenvalue weighted by Gasteiger charge is -2.12. The molecule has 0 radical (unpaired) electrons. The molecule has 0 bridgehead atoms. The summed E-state index contributed by atoms with van der Waals surface area (Å²) in [5, 5.41) is 6.41. The van der Waals surface area contributed by atoms with Gasteiger partial charge in [0.2, 0.25) is 0 Å². The minimum absolute atomic E-state index is 0.253. The normalized spacial score (nSPS) is 11.5. The molecule has 0 atom stereocenters. The maximum Gasteiger partial charge on any atom is 0.191 e. The van der Waals surface area contributed by atoms with Crippen LogP contribution in [0, 0.1) is 5.82 Å². The molecule has 0 aliphatic carbocycles. The molecule has 2 aromatic rings. The van der Waals surface area contributed by atoms with E-state index in [2.05, 4.69) is 15.6 Å². The van der Waals surface area contributed by atoms with Gasteiger partial charge >= 0.3 is 0 Å². The van der Waals surface area contributed by atoms with Gasteiger partial charge in [-0.2, -0.15) is 0 Å². The van der Waals surface area contributed by atoms with Crippen molar-refractivity contribution in [3.63, 3.8) is 0 Å². The van der Waals surface area contributed by atoms with E-state index in [4.69, 9.17) is 9.15 Å². The Morgan fingerprint density at radius 2 is 2.17 bits per heavy atom. The van der Waals surface area contributed by atoms with Crippen LogP contribution in [0.1, 0.15) is 16.9 Å². The van der Waals surface area contributed by atoms with Crippen LogP contribution in [0.2, 0.25) is 0 Å². The zero-order chi connectivity index (χ0) is 16.5. The summed E-state index contributed by atoms with van der Waals surface area (Å²) in [6.45, 7) is 1.53. The number of aliphatic imine (C=N–C) groups is 1. The van der Waals surface area contributed by atoms with Gasteiger partial charge in [0.05, 0.1) is 12.9 Å². The first-order valence-electron chi connectivity index (χ1n) is 7.46. The van der Waals surface area contributed by atoms with E-state index in [1.807, 2.05) is 12.1 Å². The number of ether oxygens (including phenoxy) is 1. The number of hydrogen-bond acceptors (Lipinski definition) is 3. The van der Waals surface area contributed by atoms with Gasteiger partial charge < -0.3 is 19.8 Å². The highest BCUT2D eigenvalue weighted by molar-refractivity contribution is 5.79. The molecule has 5 nitrogen and oxygen atoms in total. The number of hydrogen-bond donors (Lipinski definition) is 2. The number of nitrogens with zero attached hydrogens (tertiary/aromatic N) is 1. The highest BCUT2D eigenvalue weighted by Gasteiger charge is 2.05. The van der Waals surface area contributed by atoms with E-state index in [1.54, 1.807) is 32.6 Å². The number of nitrogens with one attached hydrogen (secondary N) is 2. The van der Waals surface area contributed by atoms with Crippen molar-refractivity contribution in [1.82, 2.24) is 10.6 Å². The topological polar surface area (TPSA) is 58.8 Å². The monoisotopic (exact) mass is 319 g/mol. The van der Waals surface area contributed by atoms with E-state index in [0.29, 0.717) is 24.6 Å². The molecule has 0 spiro atoms. The fourth-order valence-corrected chi connectivity index (χ4v) is 2.17. The summed E-state index contributed by atoms with van der Waals surface area (Å²) in [6.07, 6.45) is 2.44. The molecule has 6 heteroatoms. The van der Waals surface area contributed by atoms with Crippen LogP contribution in [0.15, 0.2) is 46.0 Å². The van der Waals surface area contributed by atoms with Gasteiger partial charge in [-0.3, -0.25) is 4.99 Å². The minimum atomic E-state index is -0.253. The van der Waals surface area contributed by atoms with Crippen molar-refractivity contribution in [3.8, 4) is 0 Å². The van der Waals surface area contributed by atoms with Crippen molar-refractivity contribution in [2.75, 3.05) is 20.7 Å². The van der Waals surface area contributed by atoms with Gasteiger partial charge in [-0.15, -0.1) is 0 Å². The molecule has 0 saturated heterocycles. The van der Waals surface area contributed by atoms with Gasteiger partial charge in [0.25, 0.3) is 0 Å². The highest BCUT2D eigenvalue weighted by atomic mass is 19.1. The second-order valence-electron chi connectivity index (χ2n) is 5.04. The van der Waals surface area contributed by atoms with E-state index in [-0.39, 0.29) is 12.4 Å². The van der Waals surface area contributed by atoms with Crippen molar-refractivity contribution in [2.24, 2.45) is 4.99 Å². The zero-order valence-electron chi connectivity index (χ0n) is 13.4. The summed E-state index contributed by atoms with van der Waals surface area (Å²) in [6, 6.07) is 8.81. The molecule has 0 unspecified atom stereocenters. The number of furan rings is 1. The largest absolute Gasteiger partial charge is 0.469 e. The molecule has 0 aliphatic heterocycles. The molecule has 124 valence electrons. The fourth-order valence-electron chi connectivity index (χ4n) is 2.17. The SMILES string of the molecule is CN=C(NCCc1ccco1)NCc1ccc(F)c(COC)c1. The molecule has 0 saturated carbocycles. The third-order valence-corrected chi connectivity index (χ3v) is 3.34. The van der Waals surface area contributed by atoms with Crippen LogP contribution in [0.5, 0.6) is 0 Å². The molecule has 2 rings (SSSR count). The number of rotatable bonds is 7. The maximum absolute atomic E-state index is 13.6. The Balaban J connectivity index is 1.82. The Hall–Kier alpha value is -2.34. The summed E-state index contributed by atoms with van der Waals surface area (Å²) >= 11 is 0. The Kier molecular flexibility index (Phi) is 6.62. The summed E-state index contributed by atoms with van der Waals surface area (Å²) in [5.41, 5.74) is 1.51. The van der Waals surface area contributed by atoms with E-state index in [1.165, 1.54) is 6.07 Å². The van der Waals surface area contributed by atoms with Crippen molar-refractivity contribution in [2.45, 2.75) is 19.6 Å². The van der Waals surface area contributed by atoms with Crippen LogP contribution in [0.3, 0.4) is 0 Å². The van der Waals surface area contributed by atoms with Gasteiger partial charge in [-0.25, -0.2) is 4.39 Å². The van der Waals surface area contributed by atoms with Gasteiger partial charge in [0.1, 0.15) is 11.6 Å². The van der Waals surface area contributed by atoms with E-state index in [0.717, 1.165) is 17.7 Å². The zero-order valence-corrected chi connectivity index (χ0v) is 13.4. The molecule has 23 heavy (non-hydrogen) atoms. The summed E-state index contributed by atoms with van der Waals surface area (Å²) in [4.78, 5) is 4.16. The Labute approximate surface area is 135 Å². The number of benzene rings is 1. The molecular formula is C17H22FN3O2. The van der Waals surface area contributed by atoms with Gasteiger partial charge in [-0.05, 0) is 29.8 Å². The first-order chi connectivity index (χ1) is 11.2. The summed E-state index contributed by atoms with van der Waals surface area (Å²) < 4.78 is 23.8. The standard InChI is InChI=1S/C17H22FN3O2/c1-19-17(20-8-7-15-4-3-9-23-15)21-11-13-5-6-16(18)14(10-13)12-22-2/h3-6,9-10H,7-8,11-12H2,1-2H3,(H2,19,20,21). The van der Waals surface area contributed by atoms with Crippen molar-refractivity contribution < 1.29 is 13.5 Å². The number of methoxy groups -OCH3 is 1. The van der Waals surface area contributed by atoms with Crippen molar-refractivity contribution in [3.05, 3.63) is 59.3 Å². The first kappa shape index (κ1) is 17.0. The van der Waals surface area contributed by atoms with E-state index < -0.39 is 0 Å². The van der Waals surface area contributed by atoms with Gasteiger partial charge in [0.15, 0.2) is 5.96 Å². The quantitative estimate of drug-likeness (QED) is 0.608. The molecule has 1 aromatic carbocycles. The van der Waals surface area contributed by atoms with Crippen LogP contribution in [-0.4, -0.2) is 26.7 Å². The van der Waals surface area contributed by atoms with Crippen LogP contribution >= 0.6 is 0 Å². The Morgan fingerprint density at radius 3 is 2.87 bits per heavy atom. The smallest absolute Gasteiger partial charge is 0.191 e. The van der Waals surface area contributed by atoms with Crippen LogP contribution < -0.4 is 10.6 Å². The predicted octanol–water partition coefficient (Wildman–Crippen LogP) is 2.47. The Bertz CT molecular complexity index is 627. The fraction of sp³-hybridized carbons (Fsp3) is 0.353. The van der Waals surface area contributed by atoms with Crippen LogP contribution in [0.4, 0.5) is 4.39 Å². The lowest BCUT2D eigenvalue weighted by atomic mass is 10.1. The van der Waals surface area contributed by atoms with Crippen LogP contribution in [-0.2, 0) is 24.3 Å². The third-order valence-electron chi connectivity index (χ3n) is 3.34. The average Bonchev–Trinajstić information content (AvgIpc) is 3.07. The first-order valence-corrected chi connectivity index (χ1v) is 7.46. The van der Waals surface area contributed by atoms with Crippen molar-refractivity contribution >= 4 is 5.96 Å². The molecule has 1 aromatic heterocycles. The molecule has 0 fully saturated rings. The third kappa shape index (κ3) is 5.41. The van der Waals surface area contributed by atoms with E-state index in [9.17, 15) is 4.39 Å². The summed E-state index contributed by atoms with van der Waals surface area (Å²) in [7, 11) is 3.26. The van der Waals surface area contributed by atoms with Gasteiger partial charge in [0, 0.05) is 39.2 Å². The predicted molar refractivity (Wildman–Crippen MR) is 87.7 cm³/mol. The lowest BCUT2D eigenvalue weighted by molar-refractivity contribution is 0.181. The molecule has 0 aliphatic rings. The molecular weight excluding hydrogens is 297 g/mol.